The van der Waals surface area contributed by atoms with Gasteiger partial charge in [-0.15, -0.1) is 0 Å². The number of carbonyl (C=O) groups excluding carboxylic acids is 3. The minimum atomic E-state index is -0.153. The number of likely N-dealkylation sites (N-methyl/N-ethyl adjacent to an activating group) is 2. The van der Waals surface area contributed by atoms with E-state index >= 15 is 0 Å². The molecular formula is C43H82N4O4. The number of nitrogens with one attached hydrogen (secondary N) is 3. The number of esters is 1. The van der Waals surface area contributed by atoms with Crippen molar-refractivity contribution in [3.8, 4) is 0 Å². The van der Waals surface area contributed by atoms with E-state index in [4.69, 9.17) is 4.74 Å². The molecule has 0 aliphatic heterocycles. The van der Waals surface area contributed by atoms with E-state index in [1.54, 1.807) is 20.2 Å². The third kappa shape index (κ3) is 29.9. The van der Waals surface area contributed by atoms with Crippen LogP contribution in [0.15, 0.2) is 24.0 Å². The molecule has 8 nitrogen and oxygen atoms in total. The fourth-order valence-corrected chi connectivity index (χ4v) is 6.64. The number of allylic oxidation sites excluding steroid dienone is 1. The Morgan fingerprint density at radius 3 is 1.65 bits per heavy atom. The summed E-state index contributed by atoms with van der Waals surface area (Å²) in [6, 6.07) is 0. The van der Waals surface area contributed by atoms with Crippen molar-refractivity contribution in [2.45, 2.75) is 193 Å². The molecule has 0 heterocycles. The highest BCUT2D eigenvalue weighted by atomic mass is 16.5. The van der Waals surface area contributed by atoms with Crippen LogP contribution in [0.25, 0.3) is 0 Å². The van der Waals surface area contributed by atoms with Crippen LogP contribution in [-0.2, 0) is 19.1 Å². The molecule has 0 aliphatic rings. The second-order valence-electron chi connectivity index (χ2n) is 14.4. The molecule has 8 heteroatoms. The second-order valence-corrected chi connectivity index (χ2v) is 14.4. The van der Waals surface area contributed by atoms with Crippen LogP contribution < -0.4 is 16.0 Å². The zero-order valence-corrected chi connectivity index (χ0v) is 33.9. The largest absolute Gasteiger partial charge is 0.462 e. The summed E-state index contributed by atoms with van der Waals surface area (Å²) in [5.74, 6) is -0.146. The molecule has 0 aromatic rings. The first-order valence-corrected chi connectivity index (χ1v) is 21.3. The van der Waals surface area contributed by atoms with Gasteiger partial charge in [0, 0.05) is 33.5 Å². The number of hydrogen-bond acceptors (Lipinski definition) is 7. The minimum absolute atomic E-state index is 0.00672. The number of aldehydes is 1. The topological polar surface area (TPSA) is 99.8 Å². The van der Waals surface area contributed by atoms with Gasteiger partial charge in [0.05, 0.1) is 5.70 Å². The lowest BCUT2D eigenvalue weighted by Gasteiger charge is -2.23. The molecule has 3 N–H and O–H groups in total. The lowest BCUT2D eigenvalue weighted by molar-refractivity contribution is -0.150. The number of carbonyl (C=O) groups is 3. The maximum Gasteiger partial charge on any atom is 0.306 e. The van der Waals surface area contributed by atoms with Gasteiger partial charge < -0.3 is 30.4 Å². The summed E-state index contributed by atoms with van der Waals surface area (Å²) in [5.41, 5.74) is 1.21. The van der Waals surface area contributed by atoms with Crippen LogP contribution in [0.1, 0.15) is 187 Å². The highest BCUT2D eigenvalue weighted by Crippen LogP contribution is 2.18. The number of unbranched alkanes of at least 4 members (excludes halogenated alkanes) is 19. The van der Waals surface area contributed by atoms with Crippen molar-refractivity contribution in [2.24, 2.45) is 0 Å². The van der Waals surface area contributed by atoms with Gasteiger partial charge in [-0.05, 0) is 83.5 Å². The predicted octanol–water partition coefficient (Wildman–Crippen LogP) is 9.92. The molecule has 0 aromatic carbocycles. The Morgan fingerprint density at radius 1 is 0.647 bits per heavy atom. The van der Waals surface area contributed by atoms with Gasteiger partial charge in [-0.2, -0.15) is 0 Å². The molecule has 1 amide bonds. The molecule has 0 aliphatic carbocycles. The molecule has 0 saturated heterocycles. The molecule has 0 rings (SSSR count). The van der Waals surface area contributed by atoms with Crippen molar-refractivity contribution >= 4 is 18.2 Å². The van der Waals surface area contributed by atoms with Crippen molar-refractivity contribution in [2.75, 3.05) is 40.3 Å². The number of amides is 1. The van der Waals surface area contributed by atoms with E-state index in [9.17, 15) is 14.4 Å². The summed E-state index contributed by atoms with van der Waals surface area (Å²) in [7, 11) is 3.43. The summed E-state index contributed by atoms with van der Waals surface area (Å²) in [6.45, 7) is 12.2. The van der Waals surface area contributed by atoms with Crippen molar-refractivity contribution < 1.29 is 19.1 Å². The van der Waals surface area contributed by atoms with Gasteiger partial charge in [0.25, 0.3) is 5.91 Å². The van der Waals surface area contributed by atoms with Crippen LogP contribution >= 0.6 is 0 Å². The van der Waals surface area contributed by atoms with Crippen LogP contribution in [-0.4, -0.2) is 69.4 Å². The van der Waals surface area contributed by atoms with E-state index in [1.807, 2.05) is 0 Å². The van der Waals surface area contributed by atoms with Gasteiger partial charge in [0.1, 0.15) is 18.1 Å². The van der Waals surface area contributed by atoms with E-state index in [1.165, 1.54) is 103 Å². The molecule has 0 radical (unpaired) electrons. The summed E-state index contributed by atoms with van der Waals surface area (Å²) in [4.78, 5) is 38.3. The SMILES string of the molecule is C=C/C(NC)=C(/NCCCN(CCCCCCCC=O)CCCCCCCC(=O)OC(CCCCCCCC)CCCCCCCC)C(=O)NC. The van der Waals surface area contributed by atoms with Crippen LogP contribution in [0.3, 0.4) is 0 Å². The normalized spacial score (nSPS) is 11.8. The number of rotatable bonds is 39. The highest BCUT2D eigenvalue weighted by molar-refractivity contribution is 5.93. The van der Waals surface area contributed by atoms with Gasteiger partial charge in [-0.3, -0.25) is 9.59 Å². The van der Waals surface area contributed by atoms with Crippen molar-refractivity contribution in [1.82, 2.24) is 20.9 Å². The zero-order valence-electron chi connectivity index (χ0n) is 33.9. The van der Waals surface area contributed by atoms with Gasteiger partial charge in [-0.1, -0.05) is 123 Å². The first-order chi connectivity index (χ1) is 25.0. The van der Waals surface area contributed by atoms with E-state index < -0.39 is 0 Å². The van der Waals surface area contributed by atoms with E-state index in [-0.39, 0.29) is 18.0 Å². The van der Waals surface area contributed by atoms with Gasteiger partial charge in [-0.25, -0.2) is 0 Å². The van der Waals surface area contributed by atoms with Crippen molar-refractivity contribution in [3.05, 3.63) is 24.0 Å². The number of nitrogens with zero attached hydrogens (tertiary/aromatic N) is 1. The smallest absolute Gasteiger partial charge is 0.306 e. The molecule has 0 fully saturated rings. The fourth-order valence-electron chi connectivity index (χ4n) is 6.64. The molecule has 0 atom stereocenters. The lowest BCUT2D eigenvalue weighted by Crippen LogP contribution is -2.34. The molecule has 298 valence electrons. The molecule has 51 heavy (non-hydrogen) atoms. The Morgan fingerprint density at radius 2 is 1.14 bits per heavy atom. The molecule has 0 aromatic heterocycles. The predicted molar refractivity (Wildman–Crippen MR) is 217 cm³/mol. The van der Waals surface area contributed by atoms with E-state index in [0.29, 0.717) is 30.8 Å². The third-order valence-corrected chi connectivity index (χ3v) is 9.86. The standard InChI is InChI=1S/C43H82N4O4/c1-6-9-11-13-18-24-31-39(32-25-19-14-12-10-7-2)51-41(49)33-26-20-17-22-28-36-47(35-27-21-15-16-23-29-38-48)37-30-34-46-42(43(50)45-5)40(8-3)44-4/h8,38-39,44,46H,3,6-7,9-37H2,1-2,4-5H3,(H,45,50)/b42-40-. The van der Waals surface area contributed by atoms with Crippen LogP contribution in [0.2, 0.25) is 0 Å². The average Bonchev–Trinajstić information content (AvgIpc) is 3.13. The van der Waals surface area contributed by atoms with Crippen molar-refractivity contribution in [1.29, 1.82) is 0 Å². The monoisotopic (exact) mass is 719 g/mol. The molecule has 0 spiro atoms. The van der Waals surface area contributed by atoms with Gasteiger partial charge in [0.15, 0.2) is 0 Å². The summed E-state index contributed by atoms with van der Waals surface area (Å²) in [5, 5.41) is 9.06. The van der Waals surface area contributed by atoms with E-state index in [2.05, 4.69) is 41.3 Å². The van der Waals surface area contributed by atoms with Crippen LogP contribution in [0.4, 0.5) is 0 Å². The maximum absolute atomic E-state index is 12.8. The Balaban J connectivity index is 4.62. The summed E-state index contributed by atoms with van der Waals surface area (Å²) < 4.78 is 6.05. The fraction of sp³-hybridized carbons (Fsp3) is 0.837. The zero-order chi connectivity index (χ0) is 37.6. The lowest BCUT2D eigenvalue weighted by atomic mass is 10.0. The molecular weight excluding hydrogens is 636 g/mol. The summed E-state index contributed by atoms with van der Waals surface area (Å²) >= 11 is 0. The second kappa shape index (κ2) is 37.4. The van der Waals surface area contributed by atoms with Gasteiger partial charge >= 0.3 is 5.97 Å². The first-order valence-electron chi connectivity index (χ1n) is 21.3. The first kappa shape index (κ1) is 48.6. The van der Waals surface area contributed by atoms with Gasteiger partial charge in [0.2, 0.25) is 0 Å². The third-order valence-electron chi connectivity index (χ3n) is 9.86. The average molecular weight is 719 g/mol. The van der Waals surface area contributed by atoms with Crippen molar-refractivity contribution in [3.63, 3.8) is 0 Å². The summed E-state index contributed by atoms with van der Waals surface area (Å²) in [6.07, 6.45) is 33.4. The Bertz CT molecular complexity index is 862. The van der Waals surface area contributed by atoms with Crippen LogP contribution in [0, 0.1) is 0 Å². The Hall–Kier alpha value is -2.35. The quantitative estimate of drug-likeness (QED) is 0.0191. The molecule has 0 unspecified atom stereocenters. The highest BCUT2D eigenvalue weighted by Gasteiger charge is 2.15. The molecule has 0 saturated carbocycles. The van der Waals surface area contributed by atoms with Crippen LogP contribution in [0.5, 0.6) is 0 Å². The number of hydrogen-bond donors (Lipinski definition) is 3. The Labute approximate surface area is 315 Å². The minimum Gasteiger partial charge on any atom is -0.462 e. The Kier molecular flexibility index (Phi) is 35.7. The number of ether oxygens (including phenoxy) is 1. The maximum atomic E-state index is 12.8. The van der Waals surface area contributed by atoms with E-state index in [0.717, 1.165) is 83.7 Å². The molecule has 0 bridgehead atoms.